The summed E-state index contributed by atoms with van der Waals surface area (Å²) in [6.45, 7) is 5.02. The molecule has 26 heavy (non-hydrogen) atoms. The summed E-state index contributed by atoms with van der Waals surface area (Å²) in [6.07, 6.45) is 6.99. The predicted octanol–water partition coefficient (Wildman–Crippen LogP) is 3.57. The van der Waals surface area contributed by atoms with Crippen LogP contribution in [0.5, 0.6) is 0 Å². The van der Waals surface area contributed by atoms with Crippen molar-refractivity contribution in [1.29, 1.82) is 0 Å². The van der Waals surface area contributed by atoms with Gasteiger partial charge in [-0.1, -0.05) is 25.0 Å². The molecule has 2 aliphatic rings. The number of nitrogens with zero attached hydrogens (tertiary/aromatic N) is 2. The molecule has 144 valence electrons. The largest absolute Gasteiger partial charge is 0.392 e. The number of halogens is 1. The third-order valence-electron chi connectivity index (χ3n) is 6.23. The Bertz CT molecular complexity index is 606. The van der Waals surface area contributed by atoms with Crippen LogP contribution in [0.3, 0.4) is 0 Å². The summed E-state index contributed by atoms with van der Waals surface area (Å²) in [5.41, 5.74) is 1.01. The molecular weight excluding hydrogens is 331 g/mol. The van der Waals surface area contributed by atoms with Gasteiger partial charge in [-0.15, -0.1) is 0 Å². The lowest BCUT2D eigenvalue weighted by molar-refractivity contribution is -0.130. The fourth-order valence-corrected chi connectivity index (χ4v) is 4.40. The molecule has 3 rings (SSSR count). The van der Waals surface area contributed by atoms with Crippen LogP contribution in [0.4, 0.5) is 10.1 Å². The highest BCUT2D eigenvalue weighted by Gasteiger charge is 2.25. The summed E-state index contributed by atoms with van der Waals surface area (Å²) in [7, 11) is 0. The molecule has 1 amide bonds. The Morgan fingerprint density at radius 3 is 2.19 bits per heavy atom. The number of rotatable bonds is 5. The quantitative estimate of drug-likeness (QED) is 0.871. The Labute approximate surface area is 156 Å². The summed E-state index contributed by atoms with van der Waals surface area (Å²) in [5, 5.41) is 9.24. The first-order valence-electron chi connectivity index (χ1n) is 9.97. The van der Waals surface area contributed by atoms with E-state index in [-0.39, 0.29) is 18.3 Å². The molecule has 0 saturated carbocycles. The molecule has 1 N–H and O–H groups in total. The van der Waals surface area contributed by atoms with Crippen LogP contribution in [0, 0.1) is 17.7 Å². The van der Waals surface area contributed by atoms with Crippen molar-refractivity contribution in [1.82, 2.24) is 4.90 Å². The Morgan fingerprint density at radius 1 is 1.08 bits per heavy atom. The van der Waals surface area contributed by atoms with Crippen molar-refractivity contribution in [3.05, 3.63) is 29.6 Å². The van der Waals surface area contributed by atoms with Gasteiger partial charge in [-0.25, -0.2) is 4.39 Å². The summed E-state index contributed by atoms with van der Waals surface area (Å²) in [5.74, 6) is 1.41. The first-order valence-corrected chi connectivity index (χ1v) is 9.97. The van der Waals surface area contributed by atoms with E-state index < -0.39 is 0 Å². The van der Waals surface area contributed by atoms with Crippen molar-refractivity contribution in [3.63, 3.8) is 0 Å². The molecule has 0 atom stereocenters. The Kier molecular flexibility index (Phi) is 6.52. The van der Waals surface area contributed by atoms with Crippen LogP contribution in [0.1, 0.15) is 51.0 Å². The standard InChI is InChI=1S/C21H31FN2O2/c1-16(26)23-11-7-17(8-12-23)5-6-18-9-13-24(14-10-18)20-4-2-3-19(15-25)21(20)22/h2-4,17-18,25H,5-15H2,1H3. The molecule has 0 aliphatic carbocycles. The van der Waals surface area contributed by atoms with Crippen LogP contribution in [0.2, 0.25) is 0 Å². The average molecular weight is 362 g/mol. The fraction of sp³-hybridized carbons (Fsp3) is 0.667. The van der Waals surface area contributed by atoms with Crippen molar-refractivity contribution in [2.75, 3.05) is 31.1 Å². The highest BCUT2D eigenvalue weighted by atomic mass is 19.1. The normalized spacial score (nSPS) is 19.8. The van der Waals surface area contributed by atoms with Crippen LogP contribution in [0.15, 0.2) is 18.2 Å². The van der Waals surface area contributed by atoms with Gasteiger partial charge in [0, 0.05) is 38.7 Å². The maximum Gasteiger partial charge on any atom is 0.219 e. The summed E-state index contributed by atoms with van der Waals surface area (Å²) >= 11 is 0. The summed E-state index contributed by atoms with van der Waals surface area (Å²) < 4.78 is 14.4. The maximum atomic E-state index is 14.4. The molecule has 2 saturated heterocycles. The molecule has 0 radical (unpaired) electrons. The minimum Gasteiger partial charge on any atom is -0.392 e. The smallest absolute Gasteiger partial charge is 0.219 e. The molecule has 0 bridgehead atoms. The minimum absolute atomic E-state index is 0.202. The highest BCUT2D eigenvalue weighted by Crippen LogP contribution is 2.31. The zero-order chi connectivity index (χ0) is 18.5. The van der Waals surface area contributed by atoms with Gasteiger partial charge in [-0.05, 0) is 43.6 Å². The SMILES string of the molecule is CC(=O)N1CCC(CCC2CCN(c3cccc(CO)c3F)CC2)CC1. The van der Waals surface area contributed by atoms with E-state index in [0.29, 0.717) is 11.3 Å². The number of amides is 1. The third kappa shape index (κ3) is 4.56. The molecule has 1 aromatic rings. The number of hydrogen-bond acceptors (Lipinski definition) is 3. The van der Waals surface area contributed by atoms with Gasteiger partial charge in [0.25, 0.3) is 0 Å². The monoisotopic (exact) mass is 362 g/mol. The second-order valence-corrected chi connectivity index (χ2v) is 7.87. The maximum absolute atomic E-state index is 14.4. The van der Waals surface area contributed by atoms with E-state index in [1.54, 1.807) is 13.0 Å². The van der Waals surface area contributed by atoms with Crippen LogP contribution in [0.25, 0.3) is 0 Å². The van der Waals surface area contributed by atoms with E-state index in [4.69, 9.17) is 0 Å². The number of likely N-dealkylation sites (tertiary alicyclic amines) is 1. The number of carbonyl (C=O) groups excluding carboxylic acids is 1. The number of piperidine rings is 2. The number of hydrogen-bond donors (Lipinski definition) is 1. The van der Waals surface area contributed by atoms with Gasteiger partial charge in [0.1, 0.15) is 0 Å². The molecule has 2 fully saturated rings. The highest BCUT2D eigenvalue weighted by molar-refractivity contribution is 5.73. The molecule has 1 aromatic carbocycles. The van der Waals surface area contributed by atoms with Crippen molar-refractivity contribution in [3.8, 4) is 0 Å². The van der Waals surface area contributed by atoms with Crippen LogP contribution in [-0.2, 0) is 11.4 Å². The Balaban J connectivity index is 1.43. The Hall–Kier alpha value is -1.62. The predicted molar refractivity (Wildman–Crippen MR) is 101 cm³/mol. The zero-order valence-electron chi connectivity index (χ0n) is 15.8. The van der Waals surface area contributed by atoms with Crippen molar-refractivity contribution in [2.45, 2.75) is 52.1 Å². The van der Waals surface area contributed by atoms with Gasteiger partial charge in [-0.2, -0.15) is 0 Å². The molecule has 0 unspecified atom stereocenters. The molecular formula is C21H31FN2O2. The van der Waals surface area contributed by atoms with Gasteiger partial charge in [0.2, 0.25) is 5.91 Å². The Morgan fingerprint density at radius 2 is 1.65 bits per heavy atom. The lowest BCUT2D eigenvalue weighted by Gasteiger charge is -2.35. The number of benzene rings is 1. The second kappa shape index (κ2) is 8.85. The lowest BCUT2D eigenvalue weighted by atomic mass is 9.85. The molecule has 5 heteroatoms. The molecule has 0 aromatic heterocycles. The number of aliphatic hydroxyl groups is 1. The van der Waals surface area contributed by atoms with Crippen molar-refractivity contribution in [2.24, 2.45) is 11.8 Å². The van der Waals surface area contributed by atoms with Gasteiger partial charge >= 0.3 is 0 Å². The van der Waals surface area contributed by atoms with E-state index in [9.17, 15) is 14.3 Å². The first kappa shape index (κ1) is 19.2. The number of anilines is 1. The van der Waals surface area contributed by atoms with E-state index in [1.807, 2.05) is 17.0 Å². The molecule has 0 spiro atoms. The second-order valence-electron chi connectivity index (χ2n) is 7.87. The fourth-order valence-electron chi connectivity index (χ4n) is 4.40. The van der Waals surface area contributed by atoms with E-state index in [2.05, 4.69) is 4.90 Å². The van der Waals surface area contributed by atoms with E-state index in [0.717, 1.165) is 63.7 Å². The van der Waals surface area contributed by atoms with Crippen molar-refractivity contribution < 1.29 is 14.3 Å². The number of carbonyl (C=O) groups is 1. The van der Waals surface area contributed by atoms with Gasteiger partial charge in [0.05, 0.1) is 12.3 Å². The number of aliphatic hydroxyl groups excluding tert-OH is 1. The van der Waals surface area contributed by atoms with Crippen LogP contribution in [-0.4, -0.2) is 42.1 Å². The van der Waals surface area contributed by atoms with Crippen molar-refractivity contribution >= 4 is 11.6 Å². The van der Waals surface area contributed by atoms with Gasteiger partial charge in [0.15, 0.2) is 5.82 Å². The summed E-state index contributed by atoms with van der Waals surface area (Å²) in [4.78, 5) is 15.5. The van der Waals surface area contributed by atoms with E-state index in [1.165, 1.54) is 12.8 Å². The molecule has 2 heterocycles. The first-order chi connectivity index (χ1) is 12.6. The van der Waals surface area contributed by atoms with E-state index >= 15 is 0 Å². The minimum atomic E-state index is -0.273. The lowest BCUT2D eigenvalue weighted by Crippen LogP contribution is -2.37. The van der Waals surface area contributed by atoms with Gasteiger partial charge < -0.3 is 14.9 Å². The molecule has 2 aliphatic heterocycles. The molecule has 4 nitrogen and oxygen atoms in total. The topological polar surface area (TPSA) is 43.8 Å². The van der Waals surface area contributed by atoms with Crippen LogP contribution < -0.4 is 4.90 Å². The van der Waals surface area contributed by atoms with Crippen LogP contribution >= 0.6 is 0 Å². The third-order valence-corrected chi connectivity index (χ3v) is 6.23. The zero-order valence-corrected chi connectivity index (χ0v) is 15.8. The summed E-state index contributed by atoms with van der Waals surface area (Å²) in [6, 6.07) is 5.28. The van der Waals surface area contributed by atoms with Gasteiger partial charge in [-0.3, -0.25) is 4.79 Å². The average Bonchev–Trinajstić information content (AvgIpc) is 2.67.